The average Bonchev–Trinajstić information content (AvgIpc) is 2.42. The van der Waals surface area contributed by atoms with Crippen LogP contribution in [0.4, 0.5) is 4.39 Å². The van der Waals surface area contributed by atoms with Gasteiger partial charge in [0.25, 0.3) is 0 Å². The van der Waals surface area contributed by atoms with Crippen molar-refractivity contribution in [2.75, 3.05) is 7.11 Å². The maximum atomic E-state index is 13.5. The molecule has 0 heterocycles. The minimum absolute atomic E-state index is 0.0912. The summed E-state index contributed by atoms with van der Waals surface area (Å²) in [5, 5.41) is 0.385. The zero-order chi connectivity index (χ0) is 13.0. The summed E-state index contributed by atoms with van der Waals surface area (Å²) in [7, 11) is -2.27. The maximum absolute atomic E-state index is 13.5. The third kappa shape index (κ3) is 2.61. The molecule has 1 atom stereocenters. The Bertz CT molecular complexity index is 571. The van der Waals surface area contributed by atoms with E-state index in [4.69, 9.17) is 9.05 Å². The molecule has 2 rings (SSSR count). The van der Waals surface area contributed by atoms with Crippen LogP contribution < -0.4 is 9.83 Å². The second-order valence-corrected chi connectivity index (χ2v) is 5.60. The average molecular weight is 266 g/mol. The van der Waals surface area contributed by atoms with Crippen LogP contribution in [0.2, 0.25) is 0 Å². The SMILES string of the molecule is COP(=O)(Oc1ccccc1F)c1ccccc1. The van der Waals surface area contributed by atoms with Gasteiger partial charge >= 0.3 is 7.60 Å². The molecule has 94 valence electrons. The molecule has 2 aromatic rings. The van der Waals surface area contributed by atoms with Crippen molar-refractivity contribution >= 4 is 12.9 Å². The van der Waals surface area contributed by atoms with Crippen LogP contribution >= 0.6 is 7.60 Å². The highest BCUT2D eigenvalue weighted by Crippen LogP contribution is 2.46. The molecule has 0 aliphatic rings. The van der Waals surface area contributed by atoms with Crippen molar-refractivity contribution in [3.05, 3.63) is 60.4 Å². The van der Waals surface area contributed by atoms with Crippen LogP contribution in [0.5, 0.6) is 5.75 Å². The van der Waals surface area contributed by atoms with Gasteiger partial charge in [-0.05, 0) is 24.3 Å². The molecule has 0 spiro atoms. The van der Waals surface area contributed by atoms with Gasteiger partial charge in [-0.1, -0.05) is 30.3 Å². The van der Waals surface area contributed by atoms with Crippen LogP contribution in [0, 0.1) is 5.82 Å². The van der Waals surface area contributed by atoms with Crippen LogP contribution in [-0.4, -0.2) is 7.11 Å². The first kappa shape index (κ1) is 12.8. The summed E-state index contributed by atoms with van der Waals surface area (Å²) >= 11 is 0. The van der Waals surface area contributed by atoms with Gasteiger partial charge in [0, 0.05) is 7.11 Å². The number of hydrogen-bond acceptors (Lipinski definition) is 3. The molecule has 0 radical (unpaired) electrons. The van der Waals surface area contributed by atoms with Crippen molar-refractivity contribution < 1.29 is 18.0 Å². The maximum Gasteiger partial charge on any atom is 0.410 e. The van der Waals surface area contributed by atoms with Crippen molar-refractivity contribution in [2.45, 2.75) is 0 Å². The Morgan fingerprint density at radius 2 is 1.61 bits per heavy atom. The number of hydrogen-bond donors (Lipinski definition) is 0. The first-order valence-corrected chi connectivity index (χ1v) is 6.85. The number of halogens is 1. The van der Waals surface area contributed by atoms with Crippen LogP contribution in [0.25, 0.3) is 0 Å². The Balaban J connectivity index is 2.36. The Hall–Kier alpha value is -1.64. The lowest BCUT2D eigenvalue weighted by Gasteiger charge is -2.17. The van der Waals surface area contributed by atoms with E-state index in [1.165, 1.54) is 25.3 Å². The number of para-hydroxylation sites is 1. The minimum atomic E-state index is -3.54. The quantitative estimate of drug-likeness (QED) is 0.796. The molecule has 0 fully saturated rings. The Labute approximate surface area is 105 Å². The molecule has 0 amide bonds. The second-order valence-electron chi connectivity index (χ2n) is 3.54. The number of benzene rings is 2. The van der Waals surface area contributed by atoms with Crippen LogP contribution in [0.15, 0.2) is 54.6 Å². The van der Waals surface area contributed by atoms with Crippen LogP contribution in [0.1, 0.15) is 0 Å². The molecule has 5 heteroatoms. The zero-order valence-corrected chi connectivity index (χ0v) is 10.6. The molecule has 18 heavy (non-hydrogen) atoms. The molecule has 0 saturated heterocycles. The van der Waals surface area contributed by atoms with E-state index in [-0.39, 0.29) is 5.75 Å². The van der Waals surface area contributed by atoms with Gasteiger partial charge in [-0.15, -0.1) is 0 Å². The van der Waals surface area contributed by atoms with Crippen LogP contribution in [0.3, 0.4) is 0 Å². The third-order valence-corrected chi connectivity index (χ3v) is 4.22. The summed E-state index contributed by atoms with van der Waals surface area (Å²) < 4.78 is 36.1. The monoisotopic (exact) mass is 266 g/mol. The van der Waals surface area contributed by atoms with Gasteiger partial charge in [0.05, 0.1) is 5.30 Å². The molecular formula is C13H12FO3P. The van der Waals surface area contributed by atoms with Gasteiger partial charge in [-0.25, -0.2) is 8.96 Å². The highest BCUT2D eigenvalue weighted by molar-refractivity contribution is 7.62. The van der Waals surface area contributed by atoms with Crippen molar-refractivity contribution in [2.24, 2.45) is 0 Å². The first-order valence-electron chi connectivity index (χ1n) is 5.31. The van der Waals surface area contributed by atoms with Crippen molar-refractivity contribution in [3.63, 3.8) is 0 Å². The summed E-state index contributed by atoms with van der Waals surface area (Å²) in [5.41, 5.74) is 0. The lowest BCUT2D eigenvalue weighted by Crippen LogP contribution is -2.11. The molecule has 1 unspecified atom stereocenters. The summed E-state index contributed by atoms with van der Waals surface area (Å²) in [5.74, 6) is -0.669. The van der Waals surface area contributed by atoms with E-state index in [0.717, 1.165) is 0 Å². The second kappa shape index (κ2) is 5.34. The highest BCUT2D eigenvalue weighted by Gasteiger charge is 2.28. The van der Waals surface area contributed by atoms with E-state index in [9.17, 15) is 8.96 Å². The van der Waals surface area contributed by atoms with Crippen LogP contribution in [-0.2, 0) is 9.09 Å². The van der Waals surface area contributed by atoms with Gasteiger partial charge in [-0.2, -0.15) is 0 Å². The van der Waals surface area contributed by atoms with Gasteiger partial charge < -0.3 is 4.52 Å². The fraction of sp³-hybridized carbons (Fsp3) is 0.0769. The largest absolute Gasteiger partial charge is 0.418 e. The molecule has 3 nitrogen and oxygen atoms in total. The van der Waals surface area contributed by atoms with E-state index < -0.39 is 13.4 Å². The van der Waals surface area contributed by atoms with E-state index >= 15 is 0 Å². The van der Waals surface area contributed by atoms with Gasteiger partial charge in [0.1, 0.15) is 0 Å². The Morgan fingerprint density at radius 3 is 2.22 bits per heavy atom. The summed E-state index contributed by atoms with van der Waals surface area (Å²) in [6.45, 7) is 0. The van der Waals surface area contributed by atoms with E-state index in [0.29, 0.717) is 5.30 Å². The molecule has 0 saturated carbocycles. The summed E-state index contributed by atoms with van der Waals surface area (Å²) in [6.07, 6.45) is 0. The lowest BCUT2D eigenvalue weighted by atomic mass is 10.3. The summed E-state index contributed by atoms with van der Waals surface area (Å²) in [6, 6.07) is 14.2. The lowest BCUT2D eigenvalue weighted by molar-refractivity contribution is 0.328. The highest BCUT2D eigenvalue weighted by atomic mass is 31.2. The van der Waals surface area contributed by atoms with Crippen molar-refractivity contribution in [1.82, 2.24) is 0 Å². The predicted molar refractivity (Wildman–Crippen MR) is 67.7 cm³/mol. The van der Waals surface area contributed by atoms with E-state index in [1.54, 1.807) is 36.4 Å². The standard InChI is InChI=1S/C13H12FO3P/c1-16-18(15,11-7-3-2-4-8-11)17-13-10-6-5-9-12(13)14/h2-10H,1H3. The third-order valence-electron chi connectivity index (χ3n) is 2.37. The van der Waals surface area contributed by atoms with Crippen molar-refractivity contribution in [3.8, 4) is 5.75 Å². The Kier molecular flexibility index (Phi) is 3.80. The molecule has 0 aromatic heterocycles. The van der Waals surface area contributed by atoms with E-state index in [2.05, 4.69) is 0 Å². The minimum Gasteiger partial charge on any atom is -0.418 e. The zero-order valence-electron chi connectivity index (χ0n) is 9.75. The fourth-order valence-electron chi connectivity index (χ4n) is 1.45. The normalized spacial score (nSPS) is 13.9. The molecule has 0 aliphatic carbocycles. The van der Waals surface area contributed by atoms with Gasteiger partial charge in [0.15, 0.2) is 11.6 Å². The van der Waals surface area contributed by atoms with Gasteiger partial charge in [-0.3, -0.25) is 4.52 Å². The molecule has 2 aromatic carbocycles. The van der Waals surface area contributed by atoms with Gasteiger partial charge in [0.2, 0.25) is 0 Å². The Morgan fingerprint density at radius 1 is 1.00 bits per heavy atom. The topological polar surface area (TPSA) is 35.5 Å². The fourth-order valence-corrected chi connectivity index (χ4v) is 2.79. The molecule has 0 N–H and O–H groups in total. The summed E-state index contributed by atoms with van der Waals surface area (Å²) in [4.78, 5) is 0. The first-order chi connectivity index (χ1) is 8.65. The predicted octanol–water partition coefficient (Wildman–Crippen LogP) is 3.37. The van der Waals surface area contributed by atoms with E-state index in [1.807, 2.05) is 0 Å². The molecule has 0 bridgehead atoms. The molecular weight excluding hydrogens is 254 g/mol. The smallest absolute Gasteiger partial charge is 0.410 e. The number of rotatable bonds is 4. The molecule has 0 aliphatic heterocycles. The van der Waals surface area contributed by atoms with Crippen molar-refractivity contribution in [1.29, 1.82) is 0 Å².